The van der Waals surface area contributed by atoms with Crippen molar-refractivity contribution in [2.75, 3.05) is 0 Å². The van der Waals surface area contributed by atoms with Crippen molar-refractivity contribution in [1.82, 2.24) is 0 Å². The van der Waals surface area contributed by atoms with Crippen molar-refractivity contribution >= 4 is 0 Å². The molecule has 0 radical (unpaired) electrons. The zero-order chi connectivity index (χ0) is 9.90. The third kappa shape index (κ3) is 2.81. The van der Waals surface area contributed by atoms with Crippen LogP contribution in [0.5, 0.6) is 0 Å². The van der Waals surface area contributed by atoms with Crippen molar-refractivity contribution in [2.45, 2.75) is 25.7 Å². The van der Waals surface area contributed by atoms with E-state index in [1.54, 1.807) is 18.2 Å². The van der Waals surface area contributed by atoms with Gasteiger partial charge < -0.3 is 10.2 Å². The number of hydrogen-bond donors (Lipinski definition) is 3. The summed E-state index contributed by atoms with van der Waals surface area (Å²) >= 11 is 0. The van der Waals surface area contributed by atoms with Gasteiger partial charge in [-0.05, 0) is 18.1 Å². The Balaban J connectivity index is 2.92. The number of rotatable bonds is 3. The van der Waals surface area contributed by atoms with Gasteiger partial charge in [0.2, 0.25) is 5.91 Å². The monoisotopic (exact) mass is 181 g/mol. The van der Waals surface area contributed by atoms with Crippen LogP contribution < -0.4 is 5.73 Å². The fourth-order valence-electron chi connectivity index (χ4n) is 1.24. The molecule has 0 saturated carbocycles. The molecule has 1 rings (SSSR count). The van der Waals surface area contributed by atoms with Crippen LogP contribution in [0, 0.1) is 0 Å². The summed E-state index contributed by atoms with van der Waals surface area (Å²) in [7, 11) is 0. The molecule has 0 aliphatic rings. The lowest BCUT2D eigenvalue weighted by molar-refractivity contribution is -0.163. The Kier molecular flexibility index (Phi) is 3.03. The van der Waals surface area contributed by atoms with Crippen LogP contribution in [0.15, 0.2) is 24.3 Å². The van der Waals surface area contributed by atoms with Gasteiger partial charge in [0.1, 0.15) is 0 Å². The van der Waals surface area contributed by atoms with Gasteiger partial charge in [-0.25, -0.2) is 0 Å². The Morgan fingerprint density at radius 3 is 2.62 bits per heavy atom. The lowest BCUT2D eigenvalue weighted by atomic mass is 10.1. The summed E-state index contributed by atoms with van der Waals surface area (Å²) in [5.74, 6) is -2.22. The zero-order valence-corrected chi connectivity index (χ0v) is 7.70. The Labute approximate surface area is 77.8 Å². The van der Waals surface area contributed by atoms with E-state index >= 15 is 0 Å². The maximum absolute atomic E-state index is 9.11. The number of aryl methyl sites for hydroxylation is 1. The maximum Gasteiger partial charge on any atom is 0.248 e. The van der Waals surface area contributed by atoms with Crippen molar-refractivity contribution in [3.8, 4) is 0 Å². The third-order valence-corrected chi connectivity index (χ3v) is 1.89. The first-order valence-electron chi connectivity index (χ1n) is 4.37. The molecular weight excluding hydrogens is 166 g/mol. The van der Waals surface area contributed by atoms with Gasteiger partial charge in [0.25, 0.3) is 0 Å². The summed E-state index contributed by atoms with van der Waals surface area (Å²) in [6.07, 6.45) is 1.95. The van der Waals surface area contributed by atoms with Gasteiger partial charge in [0.15, 0.2) is 0 Å². The molecule has 0 spiro atoms. The molecule has 1 aromatic carbocycles. The van der Waals surface area contributed by atoms with E-state index in [2.05, 4.69) is 6.92 Å². The SMILES string of the molecule is CCCc1cccc(C(N)(O)O)c1. The van der Waals surface area contributed by atoms with E-state index in [1.165, 1.54) is 0 Å². The van der Waals surface area contributed by atoms with E-state index in [4.69, 9.17) is 15.9 Å². The minimum atomic E-state index is -2.22. The molecule has 3 heteroatoms. The second-order valence-corrected chi connectivity index (χ2v) is 3.18. The average molecular weight is 181 g/mol. The van der Waals surface area contributed by atoms with Crippen molar-refractivity contribution in [2.24, 2.45) is 5.73 Å². The van der Waals surface area contributed by atoms with Gasteiger partial charge in [-0.1, -0.05) is 31.5 Å². The van der Waals surface area contributed by atoms with Crippen LogP contribution in [-0.2, 0) is 12.3 Å². The highest BCUT2D eigenvalue weighted by Crippen LogP contribution is 2.14. The maximum atomic E-state index is 9.11. The van der Waals surface area contributed by atoms with Gasteiger partial charge >= 0.3 is 0 Å². The molecule has 0 heterocycles. The fraction of sp³-hybridized carbons (Fsp3) is 0.400. The lowest BCUT2D eigenvalue weighted by Gasteiger charge is -2.16. The number of hydrogen-bond acceptors (Lipinski definition) is 3. The Hall–Kier alpha value is -0.900. The molecule has 0 saturated heterocycles. The van der Waals surface area contributed by atoms with Gasteiger partial charge in [0.05, 0.1) is 0 Å². The molecule has 0 aliphatic carbocycles. The van der Waals surface area contributed by atoms with Crippen LogP contribution in [0.1, 0.15) is 24.5 Å². The van der Waals surface area contributed by atoms with Crippen LogP contribution in [0.2, 0.25) is 0 Å². The molecule has 0 bridgehead atoms. The second kappa shape index (κ2) is 3.87. The van der Waals surface area contributed by atoms with Gasteiger partial charge in [-0.15, -0.1) is 0 Å². The molecule has 4 N–H and O–H groups in total. The molecule has 1 aromatic rings. The topological polar surface area (TPSA) is 66.5 Å². The van der Waals surface area contributed by atoms with Crippen LogP contribution in [0.25, 0.3) is 0 Å². The van der Waals surface area contributed by atoms with Gasteiger partial charge in [0, 0.05) is 5.56 Å². The van der Waals surface area contributed by atoms with E-state index in [0.29, 0.717) is 5.56 Å². The molecule has 0 unspecified atom stereocenters. The van der Waals surface area contributed by atoms with Crippen LogP contribution >= 0.6 is 0 Å². The standard InChI is InChI=1S/C10H15NO2/c1-2-4-8-5-3-6-9(7-8)10(11,12)13/h3,5-7,12-13H,2,4,11H2,1H3. The Morgan fingerprint density at radius 2 is 2.08 bits per heavy atom. The van der Waals surface area contributed by atoms with Gasteiger partial charge in [-0.3, -0.25) is 5.73 Å². The fourth-order valence-corrected chi connectivity index (χ4v) is 1.24. The molecular formula is C10H15NO2. The number of aliphatic hydroxyl groups is 2. The van der Waals surface area contributed by atoms with Crippen molar-refractivity contribution in [1.29, 1.82) is 0 Å². The molecule has 0 fully saturated rings. The highest BCUT2D eigenvalue weighted by Gasteiger charge is 2.18. The predicted molar refractivity (Wildman–Crippen MR) is 50.7 cm³/mol. The highest BCUT2D eigenvalue weighted by molar-refractivity contribution is 5.26. The van der Waals surface area contributed by atoms with E-state index in [0.717, 1.165) is 18.4 Å². The van der Waals surface area contributed by atoms with Crippen molar-refractivity contribution in [3.63, 3.8) is 0 Å². The molecule has 3 nitrogen and oxygen atoms in total. The van der Waals surface area contributed by atoms with Crippen LogP contribution in [0.3, 0.4) is 0 Å². The second-order valence-electron chi connectivity index (χ2n) is 3.18. The van der Waals surface area contributed by atoms with E-state index in [9.17, 15) is 0 Å². The van der Waals surface area contributed by atoms with Crippen molar-refractivity contribution < 1.29 is 10.2 Å². The third-order valence-electron chi connectivity index (χ3n) is 1.89. The number of nitrogens with two attached hydrogens (primary N) is 1. The normalized spacial score (nSPS) is 11.7. The smallest absolute Gasteiger partial charge is 0.248 e. The zero-order valence-electron chi connectivity index (χ0n) is 7.70. The largest absolute Gasteiger partial charge is 0.350 e. The first-order chi connectivity index (χ1) is 6.04. The van der Waals surface area contributed by atoms with Crippen molar-refractivity contribution in [3.05, 3.63) is 35.4 Å². The molecule has 0 aromatic heterocycles. The molecule has 72 valence electrons. The average Bonchev–Trinajstić information content (AvgIpc) is 2.04. The van der Waals surface area contributed by atoms with Crippen LogP contribution in [-0.4, -0.2) is 10.2 Å². The highest BCUT2D eigenvalue weighted by atomic mass is 16.5. The summed E-state index contributed by atoms with van der Waals surface area (Å²) in [5.41, 5.74) is 6.53. The lowest BCUT2D eigenvalue weighted by Crippen LogP contribution is -2.35. The summed E-state index contributed by atoms with van der Waals surface area (Å²) in [6, 6.07) is 7.02. The summed E-state index contributed by atoms with van der Waals surface area (Å²) in [6.45, 7) is 2.07. The first-order valence-corrected chi connectivity index (χ1v) is 4.37. The number of benzene rings is 1. The van der Waals surface area contributed by atoms with E-state index < -0.39 is 5.91 Å². The summed E-state index contributed by atoms with van der Waals surface area (Å²) < 4.78 is 0. The molecule has 0 aliphatic heterocycles. The molecule has 0 atom stereocenters. The molecule has 13 heavy (non-hydrogen) atoms. The Morgan fingerprint density at radius 1 is 1.38 bits per heavy atom. The summed E-state index contributed by atoms with van der Waals surface area (Å²) in [4.78, 5) is 0. The summed E-state index contributed by atoms with van der Waals surface area (Å²) in [5, 5.41) is 18.2. The van der Waals surface area contributed by atoms with Gasteiger partial charge in [-0.2, -0.15) is 0 Å². The minimum absolute atomic E-state index is 0.332. The van der Waals surface area contributed by atoms with E-state index in [-0.39, 0.29) is 0 Å². The van der Waals surface area contributed by atoms with E-state index in [1.807, 2.05) is 6.07 Å². The van der Waals surface area contributed by atoms with Crippen LogP contribution in [0.4, 0.5) is 0 Å². The quantitative estimate of drug-likeness (QED) is 0.601. The predicted octanol–water partition coefficient (Wildman–Crippen LogP) is 0.693. The minimum Gasteiger partial charge on any atom is -0.350 e. The first kappa shape index (κ1) is 10.2. The Bertz CT molecular complexity index is 278. The molecule has 0 amide bonds.